The van der Waals surface area contributed by atoms with E-state index in [4.69, 9.17) is 21.3 Å². The fourth-order valence-corrected chi connectivity index (χ4v) is 7.50. The highest BCUT2D eigenvalue weighted by molar-refractivity contribution is 6.85. The Hall–Kier alpha value is -4.05. The van der Waals surface area contributed by atoms with Gasteiger partial charge in [0, 0.05) is 40.3 Å². The smallest absolute Gasteiger partial charge is 0.226 e. The summed E-state index contributed by atoms with van der Waals surface area (Å²) in [7, 11) is -0.775. The molecule has 0 aliphatic carbocycles. The van der Waals surface area contributed by atoms with E-state index >= 15 is 0 Å². The lowest BCUT2D eigenvalue weighted by atomic mass is 9.87. The fourth-order valence-electron chi connectivity index (χ4n) is 6.07. The Morgan fingerprint density at radius 3 is 2.55 bits per heavy atom. The van der Waals surface area contributed by atoms with Crippen LogP contribution in [0.3, 0.4) is 0 Å². The van der Waals surface area contributed by atoms with Crippen LogP contribution in [0.25, 0.3) is 10.9 Å². The maximum atomic E-state index is 13.4. The van der Waals surface area contributed by atoms with Crippen LogP contribution in [0.2, 0.25) is 18.1 Å². The lowest BCUT2D eigenvalue weighted by Crippen LogP contribution is -2.40. The Balaban J connectivity index is 1.44. The predicted molar refractivity (Wildman–Crippen MR) is 196 cm³/mol. The van der Waals surface area contributed by atoms with Crippen molar-refractivity contribution in [2.24, 2.45) is 21.1 Å². The van der Waals surface area contributed by atoms with E-state index in [1.165, 1.54) is 0 Å². The largest absolute Gasteiger partial charge is 0.497 e. The number of halogens is 1. The van der Waals surface area contributed by atoms with Gasteiger partial charge in [0.25, 0.3) is 0 Å². The number of benzene rings is 3. The van der Waals surface area contributed by atoms with E-state index in [1.807, 2.05) is 69.5 Å². The maximum absolute atomic E-state index is 13.4. The summed E-state index contributed by atoms with van der Waals surface area (Å²) in [5.41, 5.74) is 7.31. The van der Waals surface area contributed by atoms with E-state index in [2.05, 4.69) is 51.7 Å². The van der Waals surface area contributed by atoms with Crippen LogP contribution >= 0.6 is 11.6 Å². The number of aromatic amines is 1. The molecule has 10 heteroatoms. The summed E-state index contributed by atoms with van der Waals surface area (Å²) in [6, 6.07) is 19.6. The first-order chi connectivity index (χ1) is 22.5. The molecule has 4 aromatic rings. The number of aliphatic imine (C=N–C) groups is 1. The summed E-state index contributed by atoms with van der Waals surface area (Å²) < 4.78 is 5.65. The number of hydrogen-bond donors (Lipinski definition) is 3. The molecule has 2 heterocycles. The van der Waals surface area contributed by atoms with Crippen molar-refractivity contribution in [1.82, 2.24) is 10.3 Å². The van der Waals surface area contributed by atoms with E-state index < -0.39 is 14.4 Å². The molecule has 2 unspecified atom stereocenters. The molecule has 2 atom stereocenters. The van der Waals surface area contributed by atoms with Gasteiger partial charge in [-0.15, -0.1) is 0 Å². The van der Waals surface area contributed by atoms with E-state index in [9.17, 15) is 9.59 Å². The van der Waals surface area contributed by atoms with Crippen molar-refractivity contribution in [3.63, 3.8) is 0 Å². The van der Waals surface area contributed by atoms with Crippen LogP contribution in [0.1, 0.15) is 61.9 Å². The van der Waals surface area contributed by atoms with Gasteiger partial charge in [-0.2, -0.15) is 10.2 Å². The second-order valence-electron chi connectivity index (χ2n) is 12.7. The lowest BCUT2D eigenvalue weighted by Gasteiger charge is -2.22. The molecule has 1 aliphatic rings. The Morgan fingerprint density at radius 1 is 1.09 bits per heavy atom. The average molecular weight is 670 g/mol. The molecule has 0 bridgehead atoms. The number of ether oxygens (including phenoxy) is 1. The Labute approximate surface area is 283 Å². The Bertz CT molecular complexity index is 1840. The van der Waals surface area contributed by atoms with Crippen molar-refractivity contribution in [3.8, 4) is 5.75 Å². The molecule has 0 radical (unpaired) electrons. The van der Waals surface area contributed by atoms with Crippen LogP contribution in [0.4, 0.5) is 0 Å². The number of rotatable bonds is 9. The van der Waals surface area contributed by atoms with Crippen molar-refractivity contribution < 1.29 is 14.3 Å². The topological polar surface area (TPSA) is 111 Å². The van der Waals surface area contributed by atoms with Crippen molar-refractivity contribution in [3.05, 3.63) is 94.1 Å². The quantitative estimate of drug-likeness (QED) is 0.168. The first-order valence-corrected chi connectivity index (χ1v) is 19.5. The minimum atomic E-state index is -2.44. The van der Waals surface area contributed by atoms with Crippen LogP contribution in [-0.4, -0.2) is 54.8 Å². The molecule has 5 rings (SSSR count). The number of carbonyl (C=O) groups excluding carboxylic acids is 1. The predicted octanol–water partition coefficient (Wildman–Crippen LogP) is 6.93. The summed E-state index contributed by atoms with van der Waals surface area (Å²) in [6.07, 6.45) is 4.33. The van der Waals surface area contributed by atoms with Crippen molar-refractivity contribution in [2.45, 2.75) is 65.6 Å². The van der Waals surface area contributed by atoms with Gasteiger partial charge in [0.2, 0.25) is 14.2 Å². The van der Waals surface area contributed by atoms with Gasteiger partial charge in [-0.1, -0.05) is 48.9 Å². The Kier molecular flexibility index (Phi) is 10.8. The van der Waals surface area contributed by atoms with Crippen LogP contribution in [-0.2, 0) is 17.6 Å². The second kappa shape index (κ2) is 14.8. The molecule has 246 valence electrons. The monoisotopic (exact) mass is 669 g/mol. The summed E-state index contributed by atoms with van der Waals surface area (Å²) in [5.74, 6) is 0.799. The number of hydrogen-bond acceptors (Lipinski definition) is 6. The highest BCUT2D eigenvalue weighted by Crippen LogP contribution is 2.35. The minimum absolute atomic E-state index is 0.0553. The molecule has 0 saturated carbocycles. The van der Waals surface area contributed by atoms with Gasteiger partial charge in [0.1, 0.15) is 11.8 Å². The van der Waals surface area contributed by atoms with Crippen LogP contribution < -0.4 is 15.2 Å². The van der Waals surface area contributed by atoms with Crippen LogP contribution in [0.5, 0.6) is 5.75 Å². The molecular weight excluding hydrogens is 626 g/mol. The minimum Gasteiger partial charge on any atom is -0.497 e. The van der Waals surface area contributed by atoms with Crippen molar-refractivity contribution >= 4 is 59.1 Å². The number of methoxy groups -OCH3 is 1. The number of nitrogens with one attached hydrogen (secondary N) is 2. The molecule has 1 aliphatic heterocycles. The molecule has 47 heavy (non-hydrogen) atoms. The summed E-state index contributed by atoms with van der Waals surface area (Å²) in [4.78, 5) is 32.6. The zero-order valence-electron chi connectivity index (χ0n) is 28.0. The maximum Gasteiger partial charge on any atom is 0.226 e. The van der Waals surface area contributed by atoms with Crippen molar-refractivity contribution in [1.29, 1.82) is 0 Å². The summed E-state index contributed by atoms with van der Waals surface area (Å²) >= 11 is 6.29. The SMILES string of the molecule is CCC1Cc2ccc(OC)cc2C(c2ccc(Cl)cc2)N=C(CC(=O)NCCc2ccc3c([Si](C)(C)O)c[nH]c3c2)/C(C)=N\N=C\1C. The first-order valence-electron chi connectivity index (χ1n) is 16.1. The molecule has 0 saturated heterocycles. The van der Waals surface area contributed by atoms with E-state index in [0.29, 0.717) is 29.4 Å². The fraction of sp³-hybridized carbons (Fsp3) is 0.351. The third-order valence-corrected chi connectivity index (χ3v) is 10.9. The first kappa shape index (κ1) is 34.3. The molecule has 3 aromatic carbocycles. The number of nitrogens with zero attached hydrogens (tertiary/aromatic N) is 3. The summed E-state index contributed by atoms with van der Waals surface area (Å²) in [5, 5.41) is 15.0. The van der Waals surface area contributed by atoms with Gasteiger partial charge in [0.05, 0.1) is 25.0 Å². The van der Waals surface area contributed by atoms with Crippen LogP contribution in [0, 0.1) is 5.92 Å². The number of amides is 1. The van der Waals surface area contributed by atoms with Gasteiger partial charge < -0.3 is 19.8 Å². The van der Waals surface area contributed by atoms with E-state index in [-0.39, 0.29) is 18.2 Å². The zero-order chi connectivity index (χ0) is 33.7. The molecule has 1 aromatic heterocycles. The third-order valence-electron chi connectivity index (χ3n) is 8.91. The number of fused-ring (bicyclic) bond motifs is 2. The number of aromatic nitrogens is 1. The second-order valence-corrected chi connectivity index (χ2v) is 16.8. The van der Waals surface area contributed by atoms with Gasteiger partial charge in [-0.25, -0.2) is 0 Å². The van der Waals surface area contributed by atoms with Gasteiger partial charge in [0.15, 0.2) is 0 Å². The molecule has 0 spiro atoms. The molecule has 8 nitrogen and oxygen atoms in total. The highest BCUT2D eigenvalue weighted by atomic mass is 35.5. The van der Waals surface area contributed by atoms with Crippen LogP contribution in [0.15, 0.2) is 82.1 Å². The normalized spacial score (nSPS) is 19.4. The molecule has 0 fully saturated rings. The summed E-state index contributed by atoms with van der Waals surface area (Å²) in [6.45, 7) is 10.3. The number of H-pyrrole nitrogens is 1. The standard InChI is InChI=1S/C37H44ClN5O3Si/c1-7-26-19-28-11-14-30(46-4)20-32(28)37(27-9-12-29(38)13-10-27)41-33(24(3)43-42-23(26)2)21-36(44)39-17-16-25-8-15-31-34(18-25)40-22-35(31)47(5,6)45/h8-15,18,20,22,26,37,40,45H,7,16-17,19,21H2,1-6H3,(H,39,44)/b41-33?,42-23+,43-24-. The molecule has 1 amide bonds. The Morgan fingerprint density at radius 2 is 1.85 bits per heavy atom. The highest BCUT2D eigenvalue weighted by Gasteiger charge is 2.25. The van der Waals surface area contributed by atoms with E-state index in [0.717, 1.165) is 62.6 Å². The number of carbonyl (C=O) groups is 1. The van der Waals surface area contributed by atoms with Gasteiger partial charge in [-0.05, 0) is 104 Å². The van der Waals surface area contributed by atoms with Gasteiger partial charge >= 0.3 is 0 Å². The van der Waals surface area contributed by atoms with Gasteiger partial charge in [-0.3, -0.25) is 9.79 Å². The molecular formula is C37H44ClN5O3Si. The zero-order valence-corrected chi connectivity index (χ0v) is 29.8. The van der Waals surface area contributed by atoms with Crippen molar-refractivity contribution in [2.75, 3.05) is 13.7 Å². The third kappa shape index (κ3) is 8.27. The average Bonchev–Trinajstić information content (AvgIpc) is 3.48. The lowest BCUT2D eigenvalue weighted by molar-refractivity contribution is -0.119. The molecule has 3 N–H and O–H groups in total. The van der Waals surface area contributed by atoms with E-state index in [1.54, 1.807) is 7.11 Å².